The molecular formula is C11H15N3O2S. The molecule has 6 heteroatoms. The molecule has 0 aromatic carbocycles. The van der Waals surface area contributed by atoms with Gasteiger partial charge >= 0.3 is 6.01 Å². The van der Waals surface area contributed by atoms with Gasteiger partial charge < -0.3 is 14.4 Å². The van der Waals surface area contributed by atoms with Crippen LogP contribution in [0.4, 0.5) is 5.13 Å². The average Bonchev–Trinajstić information content (AvgIpc) is 2.85. The Morgan fingerprint density at radius 3 is 3.00 bits per heavy atom. The fourth-order valence-corrected chi connectivity index (χ4v) is 2.09. The summed E-state index contributed by atoms with van der Waals surface area (Å²) in [6.07, 6.45) is 0.840. The van der Waals surface area contributed by atoms with Crippen LogP contribution in [0.5, 0.6) is 6.01 Å². The van der Waals surface area contributed by atoms with Crippen LogP contribution in [-0.4, -0.2) is 42.3 Å². The average molecular weight is 253 g/mol. The van der Waals surface area contributed by atoms with E-state index in [1.165, 1.54) is 11.5 Å². The molecular weight excluding hydrogens is 238 g/mol. The molecule has 92 valence electrons. The molecule has 0 aliphatic carbocycles. The maximum atomic E-state index is 5.34. The monoisotopic (exact) mass is 253 g/mol. The van der Waals surface area contributed by atoms with Gasteiger partial charge in [0.05, 0.1) is 13.2 Å². The largest absolute Gasteiger partial charge is 0.450 e. The highest BCUT2D eigenvalue weighted by atomic mass is 32.1. The van der Waals surface area contributed by atoms with Crippen LogP contribution >= 0.6 is 11.5 Å². The lowest BCUT2D eigenvalue weighted by molar-refractivity contribution is 0.122. The zero-order chi connectivity index (χ0) is 11.9. The van der Waals surface area contributed by atoms with Gasteiger partial charge in [0.25, 0.3) is 0 Å². The number of aromatic nitrogens is 2. The quantitative estimate of drug-likeness (QED) is 0.757. The van der Waals surface area contributed by atoms with Gasteiger partial charge in [-0.25, -0.2) is 0 Å². The Morgan fingerprint density at radius 2 is 2.24 bits per heavy atom. The molecule has 0 N–H and O–H groups in total. The SMILES string of the molecule is CCC#CCOc1nsc(N2CCOCC2)n1. The van der Waals surface area contributed by atoms with E-state index >= 15 is 0 Å². The number of rotatable bonds is 3. The first-order chi connectivity index (χ1) is 8.40. The molecule has 1 aromatic heterocycles. The summed E-state index contributed by atoms with van der Waals surface area (Å²) in [7, 11) is 0. The van der Waals surface area contributed by atoms with Gasteiger partial charge in [-0.05, 0) is 0 Å². The topological polar surface area (TPSA) is 47.5 Å². The van der Waals surface area contributed by atoms with Crippen molar-refractivity contribution in [3.8, 4) is 17.9 Å². The number of ether oxygens (including phenoxy) is 2. The van der Waals surface area contributed by atoms with E-state index < -0.39 is 0 Å². The van der Waals surface area contributed by atoms with Crippen molar-refractivity contribution in [1.82, 2.24) is 9.36 Å². The van der Waals surface area contributed by atoms with Crippen LogP contribution in [0.25, 0.3) is 0 Å². The van der Waals surface area contributed by atoms with Gasteiger partial charge in [-0.1, -0.05) is 12.8 Å². The van der Waals surface area contributed by atoms with E-state index in [1.807, 2.05) is 6.92 Å². The maximum absolute atomic E-state index is 5.34. The second-order valence-corrected chi connectivity index (χ2v) is 4.19. The molecule has 17 heavy (non-hydrogen) atoms. The predicted octanol–water partition coefficient (Wildman–Crippen LogP) is 1.17. The van der Waals surface area contributed by atoms with Crippen molar-refractivity contribution in [2.45, 2.75) is 13.3 Å². The van der Waals surface area contributed by atoms with Crippen molar-refractivity contribution in [3.05, 3.63) is 0 Å². The lowest BCUT2D eigenvalue weighted by atomic mass is 10.5. The van der Waals surface area contributed by atoms with E-state index in [9.17, 15) is 0 Å². The third-order valence-electron chi connectivity index (χ3n) is 2.25. The Bertz CT molecular complexity index is 404. The van der Waals surface area contributed by atoms with Crippen LogP contribution < -0.4 is 9.64 Å². The number of anilines is 1. The fraction of sp³-hybridized carbons (Fsp3) is 0.636. The molecule has 1 fully saturated rings. The standard InChI is InChI=1S/C11H15N3O2S/c1-2-3-4-7-16-10-12-11(17-13-10)14-5-8-15-9-6-14/h2,5-9H2,1H3. The van der Waals surface area contributed by atoms with Crippen molar-refractivity contribution < 1.29 is 9.47 Å². The molecule has 0 amide bonds. The van der Waals surface area contributed by atoms with Gasteiger partial charge in [0.15, 0.2) is 6.61 Å². The summed E-state index contributed by atoms with van der Waals surface area (Å²) in [4.78, 5) is 6.48. The molecule has 0 unspecified atom stereocenters. The number of nitrogens with zero attached hydrogens (tertiary/aromatic N) is 3. The minimum absolute atomic E-state index is 0.354. The second-order valence-electron chi connectivity index (χ2n) is 3.45. The number of hydrogen-bond donors (Lipinski definition) is 0. The van der Waals surface area contributed by atoms with Crippen LogP contribution in [-0.2, 0) is 4.74 Å². The molecule has 2 rings (SSSR count). The third kappa shape index (κ3) is 3.58. The fourth-order valence-electron chi connectivity index (χ4n) is 1.42. The third-order valence-corrected chi connectivity index (χ3v) is 3.01. The van der Waals surface area contributed by atoms with Crippen molar-refractivity contribution in [3.63, 3.8) is 0 Å². The summed E-state index contributed by atoms with van der Waals surface area (Å²) in [6, 6.07) is 0.418. The predicted molar refractivity (Wildman–Crippen MR) is 66.5 cm³/mol. The molecule has 5 nitrogen and oxygen atoms in total. The van der Waals surface area contributed by atoms with E-state index in [0.717, 1.165) is 37.9 Å². The molecule has 2 heterocycles. The van der Waals surface area contributed by atoms with Crippen molar-refractivity contribution in [2.24, 2.45) is 0 Å². The van der Waals surface area contributed by atoms with Crippen LogP contribution in [0.3, 0.4) is 0 Å². The zero-order valence-electron chi connectivity index (χ0n) is 9.81. The minimum Gasteiger partial charge on any atom is -0.450 e. The molecule has 0 atom stereocenters. The smallest absolute Gasteiger partial charge is 0.331 e. The summed E-state index contributed by atoms with van der Waals surface area (Å²) in [5.74, 6) is 5.83. The van der Waals surface area contributed by atoms with Crippen molar-refractivity contribution in [1.29, 1.82) is 0 Å². The summed E-state index contributed by atoms with van der Waals surface area (Å²) < 4.78 is 14.8. The first kappa shape index (κ1) is 12.1. The van der Waals surface area contributed by atoms with E-state index in [0.29, 0.717) is 12.6 Å². The Kier molecular flexibility index (Phi) is 4.59. The molecule has 1 aliphatic heterocycles. The molecule has 1 saturated heterocycles. The van der Waals surface area contributed by atoms with E-state index in [-0.39, 0.29) is 0 Å². The maximum Gasteiger partial charge on any atom is 0.331 e. The van der Waals surface area contributed by atoms with Gasteiger partial charge in [-0.2, -0.15) is 4.98 Å². The van der Waals surface area contributed by atoms with Crippen LogP contribution in [0.1, 0.15) is 13.3 Å². The lowest BCUT2D eigenvalue weighted by Crippen LogP contribution is -2.36. The Labute approximate surface area is 105 Å². The number of morpholine rings is 1. The summed E-state index contributed by atoms with van der Waals surface area (Å²) in [5.41, 5.74) is 0. The van der Waals surface area contributed by atoms with Crippen molar-refractivity contribution >= 4 is 16.7 Å². The molecule has 0 radical (unpaired) electrons. The summed E-state index contributed by atoms with van der Waals surface area (Å²) in [6.45, 7) is 5.59. The van der Waals surface area contributed by atoms with Gasteiger partial charge in [-0.15, -0.1) is 10.3 Å². The van der Waals surface area contributed by atoms with Gasteiger partial charge in [0.1, 0.15) is 0 Å². The zero-order valence-corrected chi connectivity index (χ0v) is 10.6. The van der Waals surface area contributed by atoms with Crippen LogP contribution in [0.15, 0.2) is 0 Å². The second kappa shape index (κ2) is 6.42. The Morgan fingerprint density at radius 1 is 1.41 bits per heavy atom. The van der Waals surface area contributed by atoms with Gasteiger partial charge in [-0.3, -0.25) is 0 Å². The van der Waals surface area contributed by atoms with Gasteiger partial charge in [0.2, 0.25) is 5.13 Å². The highest BCUT2D eigenvalue weighted by molar-refractivity contribution is 7.09. The normalized spacial score (nSPS) is 15.2. The van der Waals surface area contributed by atoms with Crippen LogP contribution in [0.2, 0.25) is 0 Å². The van der Waals surface area contributed by atoms with Crippen LogP contribution in [0, 0.1) is 11.8 Å². The molecule has 0 bridgehead atoms. The lowest BCUT2D eigenvalue weighted by Gasteiger charge is -2.25. The van der Waals surface area contributed by atoms with E-state index in [2.05, 4.69) is 26.1 Å². The van der Waals surface area contributed by atoms with E-state index in [1.54, 1.807) is 0 Å². The highest BCUT2D eigenvalue weighted by Crippen LogP contribution is 2.21. The highest BCUT2D eigenvalue weighted by Gasteiger charge is 2.15. The van der Waals surface area contributed by atoms with Gasteiger partial charge in [0, 0.05) is 31.0 Å². The first-order valence-electron chi connectivity index (χ1n) is 5.65. The molecule has 0 saturated carbocycles. The van der Waals surface area contributed by atoms with Crippen molar-refractivity contribution in [2.75, 3.05) is 37.8 Å². The summed E-state index contributed by atoms with van der Waals surface area (Å²) in [5, 5.41) is 0.895. The first-order valence-corrected chi connectivity index (χ1v) is 6.42. The Hall–Kier alpha value is -1.32. The number of hydrogen-bond acceptors (Lipinski definition) is 6. The van der Waals surface area contributed by atoms with E-state index in [4.69, 9.17) is 9.47 Å². The summed E-state index contributed by atoms with van der Waals surface area (Å²) >= 11 is 1.36. The minimum atomic E-state index is 0.354. The Balaban J connectivity index is 1.86. The molecule has 0 spiro atoms. The molecule has 1 aliphatic rings. The molecule has 1 aromatic rings.